The van der Waals surface area contributed by atoms with E-state index in [9.17, 15) is 0 Å². The molecular weight excluding hydrogens is 266 g/mol. The monoisotopic (exact) mass is 295 g/mol. The van der Waals surface area contributed by atoms with E-state index in [4.69, 9.17) is 11.6 Å². The van der Waals surface area contributed by atoms with E-state index < -0.39 is 0 Å². The van der Waals surface area contributed by atoms with Crippen molar-refractivity contribution in [1.29, 1.82) is 0 Å². The lowest BCUT2D eigenvalue weighted by Gasteiger charge is -2.29. The minimum Gasteiger partial charge on any atom is -0.307 e. The number of halogens is 1. The zero-order valence-corrected chi connectivity index (χ0v) is 13.9. The molecule has 1 atom stereocenters. The SMILES string of the molecule is CCCCCCCCCNC(C)(CCl)c1ccccc1. The summed E-state index contributed by atoms with van der Waals surface area (Å²) in [6, 6.07) is 10.5. The molecule has 1 nitrogen and oxygen atoms in total. The second-order valence-corrected chi connectivity index (χ2v) is 6.15. The van der Waals surface area contributed by atoms with Crippen LogP contribution in [0.5, 0.6) is 0 Å². The van der Waals surface area contributed by atoms with Crippen LogP contribution in [0.4, 0.5) is 0 Å². The Morgan fingerprint density at radius 1 is 0.950 bits per heavy atom. The first-order chi connectivity index (χ1) is 9.73. The van der Waals surface area contributed by atoms with Gasteiger partial charge in [0.2, 0.25) is 0 Å². The molecule has 0 amide bonds. The largest absolute Gasteiger partial charge is 0.307 e. The van der Waals surface area contributed by atoms with E-state index in [1.807, 2.05) is 0 Å². The van der Waals surface area contributed by atoms with Gasteiger partial charge in [0, 0.05) is 5.88 Å². The topological polar surface area (TPSA) is 12.0 Å². The molecule has 1 aromatic rings. The average molecular weight is 296 g/mol. The van der Waals surface area contributed by atoms with Crippen molar-refractivity contribution in [3.8, 4) is 0 Å². The van der Waals surface area contributed by atoms with Crippen molar-refractivity contribution in [1.82, 2.24) is 5.32 Å². The molecule has 20 heavy (non-hydrogen) atoms. The Bertz CT molecular complexity index is 339. The maximum Gasteiger partial charge on any atom is 0.0543 e. The molecule has 1 N–H and O–H groups in total. The van der Waals surface area contributed by atoms with Gasteiger partial charge in [-0.3, -0.25) is 0 Å². The van der Waals surface area contributed by atoms with Crippen LogP contribution >= 0.6 is 11.6 Å². The lowest BCUT2D eigenvalue weighted by Crippen LogP contribution is -2.41. The van der Waals surface area contributed by atoms with Gasteiger partial charge in [-0.2, -0.15) is 0 Å². The predicted molar refractivity (Wildman–Crippen MR) is 90.5 cm³/mol. The molecule has 0 spiro atoms. The van der Waals surface area contributed by atoms with Gasteiger partial charge < -0.3 is 5.32 Å². The fourth-order valence-electron chi connectivity index (χ4n) is 2.48. The quantitative estimate of drug-likeness (QED) is 0.421. The molecule has 1 aromatic carbocycles. The van der Waals surface area contributed by atoms with Crippen LogP contribution in [-0.2, 0) is 5.54 Å². The first-order valence-corrected chi connectivity index (χ1v) is 8.63. The highest BCUT2D eigenvalue weighted by Crippen LogP contribution is 2.22. The Labute approximate surface area is 130 Å². The van der Waals surface area contributed by atoms with Crippen molar-refractivity contribution in [3.05, 3.63) is 35.9 Å². The number of benzene rings is 1. The van der Waals surface area contributed by atoms with E-state index >= 15 is 0 Å². The van der Waals surface area contributed by atoms with Gasteiger partial charge in [0.25, 0.3) is 0 Å². The van der Waals surface area contributed by atoms with Crippen molar-refractivity contribution in [2.45, 2.75) is 64.3 Å². The van der Waals surface area contributed by atoms with Crippen molar-refractivity contribution >= 4 is 11.6 Å². The van der Waals surface area contributed by atoms with Gasteiger partial charge in [-0.25, -0.2) is 0 Å². The smallest absolute Gasteiger partial charge is 0.0543 e. The van der Waals surface area contributed by atoms with E-state index in [0.717, 1.165) is 6.54 Å². The van der Waals surface area contributed by atoms with Crippen LogP contribution < -0.4 is 5.32 Å². The molecule has 0 radical (unpaired) electrons. The molecule has 1 unspecified atom stereocenters. The summed E-state index contributed by atoms with van der Waals surface area (Å²) in [4.78, 5) is 0. The van der Waals surface area contributed by atoms with E-state index in [-0.39, 0.29) is 5.54 Å². The highest BCUT2D eigenvalue weighted by molar-refractivity contribution is 6.18. The van der Waals surface area contributed by atoms with E-state index in [1.54, 1.807) is 0 Å². The Morgan fingerprint density at radius 3 is 2.15 bits per heavy atom. The van der Waals surface area contributed by atoms with Crippen molar-refractivity contribution in [3.63, 3.8) is 0 Å². The molecule has 114 valence electrons. The zero-order valence-electron chi connectivity index (χ0n) is 13.1. The van der Waals surface area contributed by atoms with Crippen molar-refractivity contribution < 1.29 is 0 Å². The third-order valence-electron chi connectivity index (χ3n) is 3.97. The lowest BCUT2D eigenvalue weighted by atomic mass is 9.94. The van der Waals surface area contributed by atoms with Crippen molar-refractivity contribution in [2.24, 2.45) is 0 Å². The molecule has 0 fully saturated rings. The van der Waals surface area contributed by atoms with Gasteiger partial charge in [-0.1, -0.05) is 75.8 Å². The summed E-state index contributed by atoms with van der Waals surface area (Å²) in [6.07, 6.45) is 9.43. The molecule has 0 saturated heterocycles. The lowest BCUT2D eigenvalue weighted by molar-refractivity contribution is 0.399. The van der Waals surface area contributed by atoms with E-state index in [1.165, 1.54) is 50.5 Å². The van der Waals surface area contributed by atoms with E-state index in [0.29, 0.717) is 5.88 Å². The summed E-state index contributed by atoms with van der Waals surface area (Å²) in [5.74, 6) is 0.605. The van der Waals surface area contributed by atoms with Crippen LogP contribution in [0.1, 0.15) is 64.4 Å². The maximum atomic E-state index is 6.18. The molecule has 0 aliphatic heterocycles. The molecule has 0 heterocycles. The second kappa shape index (κ2) is 10.2. The first-order valence-electron chi connectivity index (χ1n) is 8.09. The Kier molecular flexibility index (Phi) is 8.97. The number of nitrogens with one attached hydrogen (secondary N) is 1. The third kappa shape index (κ3) is 6.28. The first kappa shape index (κ1) is 17.5. The number of rotatable bonds is 11. The summed E-state index contributed by atoms with van der Waals surface area (Å²) in [6.45, 7) is 5.50. The number of hydrogen-bond donors (Lipinski definition) is 1. The summed E-state index contributed by atoms with van der Waals surface area (Å²) < 4.78 is 0. The van der Waals surface area contributed by atoms with Gasteiger partial charge in [0.05, 0.1) is 5.54 Å². The summed E-state index contributed by atoms with van der Waals surface area (Å²) in [5.41, 5.74) is 1.17. The predicted octanol–water partition coefficient (Wildman–Crippen LogP) is 5.48. The maximum absolute atomic E-state index is 6.18. The van der Waals surface area contributed by atoms with Gasteiger partial charge in [-0.05, 0) is 25.5 Å². The molecule has 1 rings (SSSR count). The molecule has 0 saturated carbocycles. The van der Waals surface area contributed by atoms with Crippen LogP contribution in [-0.4, -0.2) is 12.4 Å². The Morgan fingerprint density at radius 2 is 1.55 bits per heavy atom. The minimum absolute atomic E-state index is 0.106. The summed E-state index contributed by atoms with van der Waals surface area (Å²) in [5, 5.41) is 3.63. The normalized spacial score (nSPS) is 14.2. The van der Waals surface area contributed by atoms with Gasteiger partial charge >= 0.3 is 0 Å². The Hall–Kier alpha value is -0.530. The molecule has 0 aliphatic carbocycles. The average Bonchev–Trinajstić information content (AvgIpc) is 2.50. The summed E-state index contributed by atoms with van der Waals surface area (Å²) >= 11 is 6.18. The molecule has 2 heteroatoms. The zero-order chi connectivity index (χ0) is 14.7. The van der Waals surface area contributed by atoms with Gasteiger partial charge in [0.1, 0.15) is 0 Å². The number of hydrogen-bond acceptors (Lipinski definition) is 1. The van der Waals surface area contributed by atoms with Crippen LogP contribution in [0.2, 0.25) is 0 Å². The van der Waals surface area contributed by atoms with E-state index in [2.05, 4.69) is 49.5 Å². The third-order valence-corrected chi connectivity index (χ3v) is 4.51. The highest BCUT2D eigenvalue weighted by atomic mass is 35.5. The fraction of sp³-hybridized carbons (Fsp3) is 0.667. The summed E-state index contributed by atoms with van der Waals surface area (Å²) in [7, 11) is 0. The van der Waals surface area contributed by atoms with Gasteiger partial charge in [-0.15, -0.1) is 11.6 Å². The van der Waals surface area contributed by atoms with Crippen LogP contribution in [0, 0.1) is 0 Å². The molecular formula is C18H30ClN. The van der Waals surface area contributed by atoms with Crippen LogP contribution in [0.25, 0.3) is 0 Å². The van der Waals surface area contributed by atoms with Crippen LogP contribution in [0.15, 0.2) is 30.3 Å². The second-order valence-electron chi connectivity index (χ2n) is 5.88. The number of unbranched alkanes of at least 4 members (excludes halogenated alkanes) is 6. The molecule has 0 aromatic heterocycles. The highest BCUT2D eigenvalue weighted by Gasteiger charge is 2.23. The molecule has 0 bridgehead atoms. The number of alkyl halides is 1. The standard InChI is InChI=1S/C18H30ClN/c1-3-4-5-6-7-8-12-15-20-18(2,16-19)17-13-10-9-11-14-17/h9-11,13-14,20H,3-8,12,15-16H2,1-2H3. The molecule has 0 aliphatic rings. The fourth-order valence-corrected chi connectivity index (χ4v) is 2.73. The van der Waals surface area contributed by atoms with Gasteiger partial charge in [0.15, 0.2) is 0 Å². The Balaban J connectivity index is 2.22. The van der Waals surface area contributed by atoms with Crippen molar-refractivity contribution in [2.75, 3.05) is 12.4 Å². The van der Waals surface area contributed by atoms with Crippen LogP contribution in [0.3, 0.4) is 0 Å². The minimum atomic E-state index is -0.106.